The van der Waals surface area contributed by atoms with Gasteiger partial charge in [0, 0.05) is 31.2 Å². The first-order chi connectivity index (χ1) is 12.1. The van der Waals surface area contributed by atoms with Crippen LogP contribution < -0.4 is 20.3 Å². The molecule has 2 N–H and O–H groups in total. The van der Waals surface area contributed by atoms with Crippen LogP contribution in [0.2, 0.25) is 0 Å². The van der Waals surface area contributed by atoms with E-state index in [2.05, 4.69) is 25.8 Å². The number of hydrogen-bond donors (Lipinski definition) is 2. The molecule has 0 saturated heterocycles. The van der Waals surface area contributed by atoms with Gasteiger partial charge in [-0.25, -0.2) is 0 Å². The lowest BCUT2D eigenvalue weighted by Crippen LogP contribution is -2.08. The Morgan fingerprint density at radius 1 is 0.880 bits per heavy atom. The van der Waals surface area contributed by atoms with Crippen LogP contribution in [0.15, 0.2) is 54.7 Å². The highest BCUT2D eigenvalue weighted by Crippen LogP contribution is 2.20. The minimum Gasteiger partial charge on any atom is -0.497 e. The van der Waals surface area contributed by atoms with E-state index in [1.807, 2.05) is 67.5 Å². The summed E-state index contributed by atoms with van der Waals surface area (Å²) in [5, 5.41) is 14.3. The Labute approximate surface area is 146 Å². The van der Waals surface area contributed by atoms with Crippen LogP contribution in [-0.2, 0) is 0 Å². The summed E-state index contributed by atoms with van der Waals surface area (Å²) in [6, 6.07) is 15.6. The van der Waals surface area contributed by atoms with E-state index in [1.54, 1.807) is 13.3 Å². The summed E-state index contributed by atoms with van der Waals surface area (Å²) >= 11 is 0. The maximum absolute atomic E-state index is 5.15. The number of ether oxygens (including phenoxy) is 1. The Hall–Kier alpha value is -3.35. The van der Waals surface area contributed by atoms with E-state index < -0.39 is 0 Å². The first-order valence-electron chi connectivity index (χ1n) is 7.79. The van der Waals surface area contributed by atoms with Crippen LogP contribution in [0.4, 0.5) is 28.8 Å². The van der Waals surface area contributed by atoms with Crippen molar-refractivity contribution < 1.29 is 4.74 Å². The second kappa shape index (κ2) is 7.48. The van der Waals surface area contributed by atoms with Crippen LogP contribution in [0.25, 0.3) is 0 Å². The van der Waals surface area contributed by atoms with Crippen molar-refractivity contribution in [2.75, 3.05) is 36.7 Å². The lowest BCUT2D eigenvalue weighted by molar-refractivity contribution is 0.415. The van der Waals surface area contributed by atoms with Crippen LogP contribution in [0.5, 0.6) is 5.75 Å². The molecule has 1 heterocycles. The van der Waals surface area contributed by atoms with Crippen molar-refractivity contribution in [2.24, 2.45) is 0 Å². The average Bonchev–Trinajstić information content (AvgIpc) is 2.63. The number of hydrogen-bond acceptors (Lipinski definition) is 7. The quantitative estimate of drug-likeness (QED) is 0.714. The molecule has 1 aromatic heterocycles. The summed E-state index contributed by atoms with van der Waals surface area (Å²) in [6.45, 7) is 0. The fraction of sp³-hybridized carbons (Fsp3) is 0.167. The number of benzene rings is 2. The maximum Gasteiger partial charge on any atom is 0.249 e. The van der Waals surface area contributed by atoms with Gasteiger partial charge in [0.25, 0.3) is 0 Å². The number of aromatic nitrogens is 3. The van der Waals surface area contributed by atoms with E-state index in [0.717, 1.165) is 22.8 Å². The molecule has 0 saturated carbocycles. The van der Waals surface area contributed by atoms with Gasteiger partial charge < -0.3 is 20.3 Å². The van der Waals surface area contributed by atoms with Crippen molar-refractivity contribution in [3.63, 3.8) is 0 Å². The van der Waals surface area contributed by atoms with E-state index >= 15 is 0 Å². The second-order valence-corrected chi connectivity index (χ2v) is 5.59. The Morgan fingerprint density at radius 2 is 1.52 bits per heavy atom. The minimum absolute atomic E-state index is 0.427. The van der Waals surface area contributed by atoms with Crippen molar-refractivity contribution in [3.8, 4) is 5.75 Å². The highest BCUT2D eigenvalue weighted by Gasteiger charge is 2.03. The third-order valence-corrected chi connectivity index (χ3v) is 3.56. The van der Waals surface area contributed by atoms with Gasteiger partial charge in [0.05, 0.1) is 13.3 Å². The first-order valence-corrected chi connectivity index (χ1v) is 7.79. The van der Waals surface area contributed by atoms with Crippen molar-refractivity contribution in [3.05, 3.63) is 54.7 Å². The monoisotopic (exact) mass is 336 g/mol. The second-order valence-electron chi connectivity index (χ2n) is 5.59. The maximum atomic E-state index is 5.15. The summed E-state index contributed by atoms with van der Waals surface area (Å²) in [5.41, 5.74) is 2.91. The third-order valence-electron chi connectivity index (χ3n) is 3.56. The molecule has 0 fully saturated rings. The Morgan fingerprint density at radius 3 is 2.16 bits per heavy atom. The average molecular weight is 336 g/mol. The molecule has 3 aromatic rings. The van der Waals surface area contributed by atoms with Gasteiger partial charge in [-0.05, 0) is 48.5 Å². The topological polar surface area (TPSA) is 75.2 Å². The van der Waals surface area contributed by atoms with Gasteiger partial charge in [0.2, 0.25) is 5.95 Å². The highest BCUT2D eigenvalue weighted by molar-refractivity contribution is 5.61. The number of nitrogens with one attached hydrogen (secondary N) is 2. The zero-order valence-electron chi connectivity index (χ0n) is 14.4. The SMILES string of the molecule is COc1ccc(Nc2cnnc(Nc3ccc(N(C)C)cc3)n2)cc1. The molecular weight excluding hydrogens is 316 g/mol. The Balaban J connectivity index is 1.70. The zero-order valence-corrected chi connectivity index (χ0v) is 14.4. The molecule has 128 valence electrons. The van der Waals surface area contributed by atoms with Crippen molar-refractivity contribution in [2.45, 2.75) is 0 Å². The van der Waals surface area contributed by atoms with Crippen LogP contribution >= 0.6 is 0 Å². The van der Waals surface area contributed by atoms with E-state index in [-0.39, 0.29) is 0 Å². The van der Waals surface area contributed by atoms with Gasteiger partial charge in [0.15, 0.2) is 5.82 Å². The molecule has 25 heavy (non-hydrogen) atoms. The van der Waals surface area contributed by atoms with Gasteiger partial charge in [-0.15, -0.1) is 5.10 Å². The lowest BCUT2D eigenvalue weighted by atomic mass is 10.2. The summed E-state index contributed by atoms with van der Waals surface area (Å²) in [4.78, 5) is 6.47. The van der Waals surface area contributed by atoms with Crippen molar-refractivity contribution in [1.29, 1.82) is 0 Å². The number of rotatable bonds is 6. The Bertz CT molecular complexity index is 818. The van der Waals surface area contributed by atoms with Gasteiger partial charge in [-0.2, -0.15) is 10.1 Å². The van der Waals surface area contributed by atoms with Crippen LogP contribution in [0, 0.1) is 0 Å². The van der Waals surface area contributed by atoms with E-state index in [1.165, 1.54) is 0 Å². The molecule has 0 radical (unpaired) electrons. The molecule has 7 heteroatoms. The van der Waals surface area contributed by atoms with Gasteiger partial charge in [-0.1, -0.05) is 0 Å². The smallest absolute Gasteiger partial charge is 0.249 e. The standard InChI is InChI=1S/C18H20N6O/c1-24(2)15-8-4-14(5-9-15)21-18-22-17(12-19-23-18)20-13-6-10-16(25-3)11-7-13/h4-12H,1-3H3,(H2,20,21,22,23). The van der Waals surface area contributed by atoms with Crippen LogP contribution in [-0.4, -0.2) is 36.4 Å². The molecule has 2 aromatic carbocycles. The molecule has 0 atom stereocenters. The van der Waals surface area contributed by atoms with Gasteiger partial charge in [-0.3, -0.25) is 0 Å². The number of anilines is 5. The molecule has 0 aliphatic rings. The molecule has 0 unspecified atom stereocenters. The van der Waals surface area contributed by atoms with E-state index in [4.69, 9.17) is 4.74 Å². The largest absolute Gasteiger partial charge is 0.497 e. The van der Waals surface area contributed by atoms with Crippen molar-refractivity contribution >= 4 is 28.8 Å². The molecular formula is C18H20N6O. The van der Waals surface area contributed by atoms with E-state index in [9.17, 15) is 0 Å². The predicted octanol–water partition coefficient (Wildman–Crippen LogP) is 3.43. The number of methoxy groups -OCH3 is 1. The van der Waals surface area contributed by atoms with Crippen LogP contribution in [0.1, 0.15) is 0 Å². The summed E-state index contributed by atoms with van der Waals surface area (Å²) < 4.78 is 5.15. The normalized spacial score (nSPS) is 10.2. The highest BCUT2D eigenvalue weighted by atomic mass is 16.5. The summed E-state index contributed by atoms with van der Waals surface area (Å²) in [7, 11) is 5.65. The minimum atomic E-state index is 0.427. The summed E-state index contributed by atoms with van der Waals surface area (Å²) in [6.07, 6.45) is 1.57. The van der Waals surface area contributed by atoms with Crippen molar-refractivity contribution in [1.82, 2.24) is 15.2 Å². The molecule has 0 aliphatic carbocycles. The molecule has 0 spiro atoms. The van der Waals surface area contributed by atoms with Crippen LogP contribution in [0.3, 0.4) is 0 Å². The summed E-state index contributed by atoms with van der Waals surface area (Å²) in [5.74, 6) is 1.83. The predicted molar refractivity (Wildman–Crippen MR) is 100 cm³/mol. The molecule has 0 bridgehead atoms. The lowest BCUT2D eigenvalue weighted by Gasteiger charge is -2.13. The zero-order chi connectivity index (χ0) is 17.6. The molecule has 0 amide bonds. The number of nitrogens with zero attached hydrogens (tertiary/aromatic N) is 4. The third kappa shape index (κ3) is 4.35. The van der Waals surface area contributed by atoms with Gasteiger partial charge in [0.1, 0.15) is 5.75 Å². The van der Waals surface area contributed by atoms with Gasteiger partial charge >= 0.3 is 0 Å². The fourth-order valence-electron chi connectivity index (χ4n) is 2.21. The fourth-order valence-corrected chi connectivity index (χ4v) is 2.21. The molecule has 3 rings (SSSR count). The molecule has 7 nitrogen and oxygen atoms in total. The Kier molecular flexibility index (Phi) is 4.94. The molecule has 0 aliphatic heterocycles. The van der Waals surface area contributed by atoms with E-state index in [0.29, 0.717) is 11.8 Å². The first kappa shape index (κ1) is 16.5.